The molecule has 1 amide bonds. The minimum absolute atomic E-state index is 0.156. The highest BCUT2D eigenvalue weighted by Crippen LogP contribution is 2.36. The monoisotopic (exact) mass is 440 g/mol. The molecule has 2 aromatic rings. The van der Waals surface area contributed by atoms with Crippen LogP contribution in [-0.4, -0.2) is 30.6 Å². The SMILES string of the molecule is Cc1ccc(C(C)C)c(OCCNC(=O)COc2ccc(C(F)(F)F)cc2[N+](=O)[O-])c1. The highest BCUT2D eigenvalue weighted by atomic mass is 19.4. The van der Waals surface area contributed by atoms with E-state index in [0.29, 0.717) is 12.1 Å². The van der Waals surface area contributed by atoms with Crippen LogP contribution in [0.25, 0.3) is 0 Å². The summed E-state index contributed by atoms with van der Waals surface area (Å²) < 4.78 is 49.0. The zero-order chi connectivity index (χ0) is 23.2. The predicted molar refractivity (Wildman–Crippen MR) is 107 cm³/mol. The van der Waals surface area contributed by atoms with E-state index in [4.69, 9.17) is 9.47 Å². The quantitative estimate of drug-likeness (QED) is 0.349. The van der Waals surface area contributed by atoms with Crippen LogP contribution >= 0.6 is 0 Å². The van der Waals surface area contributed by atoms with E-state index < -0.39 is 40.6 Å². The van der Waals surface area contributed by atoms with Gasteiger partial charge in [-0.1, -0.05) is 26.0 Å². The first-order valence-corrected chi connectivity index (χ1v) is 9.47. The number of nitrogens with zero attached hydrogens (tertiary/aromatic N) is 1. The normalized spacial score (nSPS) is 11.3. The largest absolute Gasteiger partial charge is 0.491 e. The summed E-state index contributed by atoms with van der Waals surface area (Å²) in [6.45, 7) is 5.77. The van der Waals surface area contributed by atoms with Gasteiger partial charge in [0, 0.05) is 6.07 Å². The number of amides is 1. The number of carbonyl (C=O) groups excluding carboxylic acids is 1. The predicted octanol–water partition coefficient (Wildman–Crippen LogP) is 4.62. The maximum atomic E-state index is 12.7. The van der Waals surface area contributed by atoms with Crippen molar-refractivity contribution in [3.05, 3.63) is 63.2 Å². The van der Waals surface area contributed by atoms with Crippen molar-refractivity contribution >= 4 is 11.6 Å². The Hall–Kier alpha value is -3.30. The highest BCUT2D eigenvalue weighted by Gasteiger charge is 2.33. The van der Waals surface area contributed by atoms with E-state index >= 15 is 0 Å². The Balaban J connectivity index is 1.88. The molecule has 0 radical (unpaired) electrons. The molecular formula is C21H23F3N2O5. The second-order valence-electron chi connectivity index (χ2n) is 7.12. The fourth-order valence-electron chi connectivity index (χ4n) is 2.75. The van der Waals surface area contributed by atoms with Crippen LogP contribution < -0.4 is 14.8 Å². The molecule has 168 valence electrons. The first-order valence-electron chi connectivity index (χ1n) is 9.47. The van der Waals surface area contributed by atoms with Crippen molar-refractivity contribution in [1.29, 1.82) is 0 Å². The van der Waals surface area contributed by atoms with Gasteiger partial charge in [0.15, 0.2) is 12.4 Å². The molecule has 0 aliphatic heterocycles. The van der Waals surface area contributed by atoms with Crippen molar-refractivity contribution < 1.29 is 32.4 Å². The van der Waals surface area contributed by atoms with Gasteiger partial charge < -0.3 is 14.8 Å². The number of nitro benzene ring substituents is 1. The number of aryl methyl sites for hydroxylation is 1. The Morgan fingerprint density at radius 2 is 1.84 bits per heavy atom. The molecule has 0 spiro atoms. The molecule has 0 bridgehead atoms. The van der Waals surface area contributed by atoms with Crippen LogP contribution in [0.3, 0.4) is 0 Å². The molecule has 7 nitrogen and oxygen atoms in total. The summed E-state index contributed by atoms with van der Waals surface area (Å²) in [5, 5.41) is 13.6. The average Bonchev–Trinajstić information content (AvgIpc) is 2.68. The van der Waals surface area contributed by atoms with Crippen molar-refractivity contribution in [3.8, 4) is 11.5 Å². The van der Waals surface area contributed by atoms with Gasteiger partial charge in [-0.05, 0) is 42.2 Å². The number of nitrogens with one attached hydrogen (secondary N) is 1. The van der Waals surface area contributed by atoms with Crippen molar-refractivity contribution in [2.24, 2.45) is 0 Å². The molecule has 10 heteroatoms. The number of nitro groups is 1. The molecule has 2 rings (SSSR count). The van der Waals surface area contributed by atoms with Crippen LogP contribution in [0.1, 0.15) is 36.5 Å². The molecule has 2 aromatic carbocycles. The van der Waals surface area contributed by atoms with E-state index in [2.05, 4.69) is 5.32 Å². The molecule has 0 saturated heterocycles. The number of carbonyl (C=O) groups is 1. The third-order valence-electron chi connectivity index (χ3n) is 4.31. The third kappa shape index (κ3) is 6.87. The number of halogens is 3. The average molecular weight is 440 g/mol. The molecular weight excluding hydrogens is 417 g/mol. The lowest BCUT2D eigenvalue weighted by Gasteiger charge is -2.15. The van der Waals surface area contributed by atoms with Gasteiger partial charge in [-0.15, -0.1) is 0 Å². The molecule has 1 N–H and O–H groups in total. The molecule has 31 heavy (non-hydrogen) atoms. The molecule has 0 atom stereocenters. The molecule has 0 aliphatic rings. The zero-order valence-corrected chi connectivity index (χ0v) is 17.3. The summed E-state index contributed by atoms with van der Waals surface area (Å²) in [5.74, 6) is -0.0316. The molecule has 0 fully saturated rings. The minimum atomic E-state index is -4.73. The second kappa shape index (κ2) is 10.1. The number of rotatable bonds is 9. The Kier molecular flexibility index (Phi) is 7.84. The molecule has 0 aliphatic carbocycles. The van der Waals surface area contributed by atoms with Crippen LogP contribution in [0.15, 0.2) is 36.4 Å². The third-order valence-corrected chi connectivity index (χ3v) is 4.31. The van der Waals surface area contributed by atoms with Gasteiger partial charge in [-0.3, -0.25) is 14.9 Å². The van der Waals surface area contributed by atoms with Crippen molar-refractivity contribution in [3.63, 3.8) is 0 Å². The van der Waals surface area contributed by atoms with Gasteiger partial charge in [0.2, 0.25) is 0 Å². The number of alkyl halides is 3. The standard InChI is InChI=1S/C21H23F3N2O5/c1-13(2)16-6-4-14(3)10-19(16)30-9-8-25-20(27)12-31-18-7-5-15(21(22,23)24)11-17(18)26(28)29/h4-7,10-11,13H,8-9,12H2,1-3H3,(H,25,27). The lowest BCUT2D eigenvalue weighted by Crippen LogP contribution is -2.32. The van der Waals surface area contributed by atoms with Crippen molar-refractivity contribution in [1.82, 2.24) is 5.32 Å². The summed E-state index contributed by atoms with van der Waals surface area (Å²) in [7, 11) is 0. The first kappa shape index (κ1) is 24.0. The summed E-state index contributed by atoms with van der Waals surface area (Å²) in [4.78, 5) is 22.0. The summed E-state index contributed by atoms with van der Waals surface area (Å²) in [5.41, 5.74) is 0.0292. The van der Waals surface area contributed by atoms with Gasteiger partial charge in [0.25, 0.3) is 5.91 Å². The van der Waals surface area contributed by atoms with Crippen LogP contribution in [0.4, 0.5) is 18.9 Å². The van der Waals surface area contributed by atoms with Crippen molar-refractivity contribution in [2.45, 2.75) is 32.9 Å². The highest BCUT2D eigenvalue weighted by molar-refractivity contribution is 5.77. The Morgan fingerprint density at radius 1 is 1.13 bits per heavy atom. The van der Waals surface area contributed by atoms with E-state index in [-0.39, 0.29) is 19.1 Å². The van der Waals surface area contributed by atoms with Gasteiger partial charge in [0.05, 0.1) is 17.0 Å². The van der Waals surface area contributed by atoms with E-state index in [0.717, 1.165) is 22.9 Å². The topological polar surface area (TPSA) is 90.7 Å². The van der Waals surface area contributed by atoms with E-state index in [1.807, 2.05) is 39.0 Å². The number of benzene rings is 2. The number of hydrogen-bond acceptors (Lipinski definition) is 5. The fraction of sp³-hybridized carbons (Fsp3) is 0.381. The summed E-state index contributed by atoms with van der Waals surface area (Å²) in [6.07, 6.45) is -4.73. The smallest absolute Gasteiger partial charge is 0.416 e. The Bertz CT molecular complexity index is 945. The minimum Gasteiger partial charge on any atom is -0.491 e. The van der Waals surface area contributed by atoms with Crippen molar-refractivity contribution in [2.75, 3.05) is 19.8 Å². The number of ether oxygens (including phenoxy) is 2. The Morgan fingerprint density at radius 3 is 2.45 bits per heavy atom. The van der Waals surface area contributed by atoms with Gasteiger partial charge in [-0.25, -0.2) is 0 Å². The van der Waals surface area contributed by atoms with Gasteiger partial charge in [0.1, 0.15) is 12.4 Å². The first-order chi connectivity index (χ1) is 14.5. The molecule has 0 aromatic heterocycles. The Labute approximate surface area is 177 Å². The van der Waals surface area contributed by atoms with Gasteiger partial charge >= 0.3 is 11.9 Å². The summed E-state index contributed by atoms with van der Waals surface area (Å²) in [6, 6.07) is 7.73. The zero-order valence-electron chi connectivity index (χ0n) is 17.3. The van der Waals surface area contributed by atoms with Crippen LogP contribution in [0, 0.1) is 17.0 Å². The van der Waals surface area contributed by atoms with Crippen LogP contribution in [0.2, 0.25) is 0 Å². The maximum Gasteiger partial charge on any atom is 0.416 e. The maximum absolute atomic E-state index is 12.7. The summed E-state index contributed by atoms with van der Waals surface area (Å²) >= 11 is 0. The van der Waals surface area contributed by atoms with Gasteiger partial charge in [-0.2, -0.15) is 13.2 Å². The van der Waals surface area contributed by atoms with E-state index in [9.17, 15) is 28.1 Å². The van der Waals surface area contributed by atoms with Crippen LogP contribution in [-0.2, 0) is 11.0 Å². The molecule has 0 saturated carbocycles. The molecule has 0 heterocycles. The lowest BCUT2D eigenvalue weighted by atomic mass is 10.0. The van der Waals surface area contributed by atoms with E-state index in [1.165, 1.54) is 0 Å². The fourth-order valence-corrected chi connectivity index (χ4v) is 2.75. The molecule has 0 unspecified atom stereocenters. The second-order valence-corrected chi connectivity index (χ2v) is 7.12. The number of hydrogen-bond donors (Lipinski definition) is 1. The lowest BCUT2D eigenvalue weighted by molar-refractivity contribution is -0.386. The van der Waals surface area contributed by atoms with E-state index in [1.54, 1.807) is 0 Å². The van der Waals surface area contributed by atoms with Crippen LogP contribution in [0.5, 0.6) is 11.5 Å².